The first-order valence-electron chi connectivity index (χ1n) is 6.76. The summed E-state index contributed by atoms with van der Waals surface area (Å²) in [6.45, 7) is 4.45. The van der Waals surface area contributed by atoms with E-state index in [4.69, 9.17) is 4.74 Å². The van der Waals surface area contributed by atoms with Crippen molar-refractivity contribution in [2.45, 2.75) is 20.0 Å². The second kappa shape index (κ2) is 7.24. The van der Waals surface area contributed by atoms with Crippen molar-refractivity contribution in [3.8, 4) is 0 Å². The summed E-state index contributed by atoms with van der Waals surface area (Å²) in [5.41, 5.74) is 4.13. The highest BCUT2D eigenvalue weighted by molar-refractivity contribution is 7.07. The molecule has 1 atom stereocenters. The van der Waals surface area contributed by atoms with Crippen LogP contribution in [0, 0.1) is 13.8 Å². The van der Waals surface area contributed by atoms with Crippen molar-refractivity contribution in [3.63, 3.8) is 0 Å². The number of urea groups is 1. The van der Waals surface area contributed by atoms with Crippen molar-refractivity contribution >= 4 is 23.1 Å². The first-order valence-corrected chi connectivity index (χ1v) is 7.71. The molecule has 21 heavy (non-hydrogen) atoms. The quantitative estimate of drug-likeness (QED) is 0.881. The second-order valence-corrected chi connectivity index (χ2v) is 5.77. The van der Waals surface area contributed by atoms with Crippen molar-refractivity contribution in [1.29, 1.82) is 0 Å². The summed E-state index contributed by atoms with van der Waals surface area (Å²) in [7, 11) is 1.64. The summed E-state index contributed by atoms with van der Waals surface area (Å²) >= 11 is 1.62. The number of ether oxygens (including phenoxy) is 1. The molecule has 0 aliphatic carbocycles. The Morgan fingerprint density at radius 3 is 2.57 bits per heavy atom. The average molecular weight is 304 g/mol. The van der Waals surface area contributed by atoms with Crippen LogP contribution in [0.4, 0.5) is 10.5 Å². The summed E-state index contributed by atoms with van der Waals surface area (Å²) in [6.07, 6.45) is -0.124. The summed E-state index contributed by atoms with van der Waals surface area (Å²) in [4.78, 5) is 11.9. The highest BCUT2D eigenvalue weighted by atomic mass is 32.1. The van der Waals surface area contributed by atoms with Crippen LogP contribution in [-0.4, -0.2) is 19.7 Å². The van der Waals surface area contributed by atoms with Gasteiger partial charge in [0, 0.05) is 19.3 Å². The third-order valence-electron chi connectivity index (χ3n) is 3.13. The molecule has 0 spiro atoms. The molecule has 2 rings (SSSR count). The van der Waals surface area contributed by atoms with E-state index in [0.717, 1.165) is 22.4 Å². The van der Waals surface area contributed by atoms with Gasteiger partial charge in [0.15, 0.2) is 0 Å². The molecule has 112 valence electrons. The number of hydrogen-bond acceptors (Lipinski definition) is 3. The van der Waals surface area contributed by atoms with Gasteiger partial charge in [-0.15, -0.1) is 0 Å². The number of anilines is 1. The number of carbonyl (C=O) groups excluding carboxylic acids is 1. The molecule has 0 bridgehead atoms. The van der Waals surface area contributed by atoms with Crippen molar-refractivity contribution < 1.29 is 9.53 Å². The maximum absolute atomic E-state index is 11.9. The van der Waals surface area contributed by atoms with Gasteiger partial charge in [-0.3, -0.25) is 0 Å². The van der Waals surface area contributed by atoms with Crippen LogP contribution in [0.5, 0.6) is 0 Å². The van der Waals surface area contributed by atoms with Gasteiger partial charge in [0.05, 0.1) is 0 Å². The standard InChI is InChI=1S/C16H20N2O2S/c1-11-6-12(2)8-14(7-11)18-16(19)17-9-15(20-3)13-4-5-21-10-13/h4-8,10,15H,9H2,1-3H3,(H2,17,18,19). The highest BCUT2D eigenvalue weighted by Crippen LogP contribution is 2.18. The fraction of sp³-hybridized carbons (Fsp3) is 0.312. The Kier molecular flexibility index (Phi) is 5.36. The lowest BCUT2D eigenvalue weighted by atomic mass is 10.1. The number of benzene rings is 1. The van der Waals surface area contributed by atoms with Crippen LogP contribution in [0.3, 0.4) is 0 Å². The van der Waals surface area contributed by atoms with Crippen LogP contribution in [-0.2, 0) is 4.74 Å². The van der Waals surface area contributed by atoms with Gasteiger partial charge in [0.2, 0.25) is 0 Å². The molecule has 1 aromatic heterocycles. The Hall–Kier alpha value is -1.85. The fourth-order valence-corrected chi connectivity index (χ4v) is 2.90. The predicted octanol–water partition coefficient (Wildman–Crippen LogP) is 3.87. The van der Waals surface area contributed by atoms with Crippen LogP contribution < -0.4 is 10.6 Å². The number of hydrogen-bond donors (Lipinski definition) is 2. The fourth-order valence-electron chi connectivity index (χ4n) is 2.20. The zero-order valence-electron chi connectivity index (χ0n) is 12.5. The zero-order chi connectivity index (χ0) is 15.2. The molecule has 4 nitrogen and oxygen atoms in total. The van der Waals surface area contributed by atoms with Crippen LogP contribution in [0.1, 0.15) is 22.8 Å². The molecular formula is C16H20N2O2S. The minimum Gasteiger partial charge on any atom is -0.375 e. The van der Waals surface area contributed by atoms with Gasteiger partial charge < -0.3 is 15.4 Å². The van der Waals surface area contributed by atoms with E-state index >= 15 is 0 Å². The van der Waals surface area contributed by atoms with Gasteiger partial charge in [-0.1, -0.05) is 6.07 Å². The van der Waals surface area contributed by atoms with Crippen LogP contribution in [0.15, 0.2) is 35.0 Å². The van der Waals surface area contributed by atoms with E-state index in [0.29, 0.717) is 6.54 Å². The van der Waals surface area contributed by atoms with Crippen molar-refractivity contribution in [2.24, 2.45) is 0 Å². The molecule has 0 saturated carbocycles. The van der Waals surface area contributed by atoms with Crippen molar-refractivity contribution in [2.75, 3.05) is 19.0 Å². The van der Waals surface area contributed by atoms with E-state index in [1.807, 2.05) is 42.8 Å². The monoisotopic (exact) mass is 304 g/mol. The molecule has 1 heterocycles. The van der Waals surface area contributed by atoms with Crippen molar-refractivity contribution in [1.82, 2.24) is 5.32 Å². The minimum absolute atomic E-state index is 0.124. The van der Waals surface area contributed by atoms with Gasteiger partial charge >= 0.3 is 6.03 Å². The lowest BCUT2D eigenvalue weighted by Gasteiger charge is -2.15. The lowest BCUT2D eigenvalue weighted by molar-refractivity contribution is 0.105. The van der Waals surface area contributed by atoms with E-state index < -0.39 is 0 Å². The molecule has 5 heteroatoms. The Bertz CT molecular complexity index is 576. The normalized spacial score (nSPS) is 12.0. The summed E-state index contributed by atoms with van der Waals surface area (Å²) in [5.74, 6) is 0. The first kappa shape index (κ1) is 15.5. The Morgan fingerprint density at radius 1 is 1.29 bits per heavy atom. The summed E-state index contributed by atoms with van der Waals surface area (Å²) in [5, 5.41) is 9.71. The number of carbonyl (C=O) groups is 1. The topological polar surface area (TPSA) is 50.4 Å². The number of methoxy groups -OCH3 is 1. The first-order chi connectivity index (χ1) is 10.1. The maximum atomic E-state index is 11.9. The smallest absolute Gasteiger partial charge is 0.319 e. The van der Waals surface area contributed by atoms with Gasteiger partial charge in [-0.05, 0) is 59.5 Å². The number of nitrogens with one attached hydrogen (secondary N) is 2. The number of thiophene rings is 1. The molecule has 0 aliphatic heterocycles. The maximum Gasteiger partial charge on any atom is 0.319 e. The average Bonchev–Trinajstić information content (AvgIpc) is 2.92. The molecule has 0 saturated heterocycles. The van der Waals surface area contributed by atoms with Gasteiger partial charge in [0.1, 0.15) is 6.10 Å². The number of amides is 2. The van der Waals surface area contributed by atoms with E-state index in [2.05, 4.69) is 16.7 Å². The molecule has 0 radical (unpaired) electrons. The predicted molar refractivity (Wildman–Crippen MR) is 87.0 cm³/mol. The molecule has 0 fully saturated rings. The Balaban J connectivity index is 1.89. The molecule has 2 aromatic rings. The minimum atomic E-state index is -0.225. The van der Waals surface area contributed by atoms with Gasteiger partial charge in [0.25, 0.3) is 0 Å². The van der Waals surface area contributed by atoms with Crippen LogP contribution >= 0.6 is 11.3 Å². The summed E-state index contributed by atoms with van der Waals surface area (Å²) < 4.78 is 5.40. The summed E-state index contributed by atoms with van der Waals surface area (Å²) in [6, 6.07) is 7.74. The third kappa shape index (κ3) is 4.58. The zero-order valence-corrected chi connectivity index (χ0v) is 13.3. The molecule has 2 amide bonds. The van der Waals surface area contributed by atoms with E-state index in [9.17, 15) is 4.79 Å². The molecule has 1 aromatic carbocycles. The second-order valence-electron chi connectivity index (χ2n) is 4.99. The lowest BCUT2D eigenvalue weighted by Crippen LogP contribution is -2.32. The van der Waals surface area contributed by atoms with E-state index in [1.165, 1.54) is 0 Å². The molecular weight excluding hydrogens is 284 g/mol. The van der Waals surface area contributed by atoms with Crippen molar-refractivity contribution in [3.05, 3.63) is 51.7 Å². The van der Waals surface area contributed by atoms with Gasteiger partial charge in [-0.2, -0.15) is 11.3 Å². The third-order valence-corrected chi connectivity index (χ3v) is 3.83. The molecule has 1 unspecified atom stereocenters. The molecule has 2 N–H and O–H groups in total. The molecule has 0 aliphatic rings. The van der Waals surface area contributed by atoms with E-state index in [-0.39, 0.29) is 12.1 Å². The van der Waals surface area contributed by atoms with E-state index in [1.54, 1.807) is 18.4 Å². The highest BCUT2D eigenvalue weighted by Gasteiger charge is 2.12. The Labute approximate surface area is 129 Å². The van der Waals surface area contributed by atoms with Crippen LogP contribution in [0.2, 0.25) is 0 Å². The Morgan fingerprint density at radius 2 is 2.00 bits per heavy atom. The van der Waals surface area contributed by atoms with Crippen LogP contribution in [0.25, 0.3) is 0 Å². The largest absolute Gasteiger partial charge is 0.375 e. The number of aryl methyl sites for hydroxylation is 2. The SMILES string of the molecule is COC(CNC(=O)Nc1cc(C)cc(C)c1)c1ccsc1. The number of rotatable bonds is 5. The van der Waals surface area contributed by atoms with Gasteiger partial charge in [-0.25, -0.2) is 4.79 Å².